The first-order chi connectivity index (χ1) is 8.49. The topological polar surface area (TPSA) is 104 Å². The van der Waals surface area contributed by atoms with Crippen LogP contribution in [0.1, 0.15) is 18.7 Å². The van der Waals surface area contributed by atoms with Gasteiger partial charge >= 0.3 is 0 Å². The van der Waals surface area contributed by atoms with E-state index in [0.29, 0.717) is 12.4 Å². The van der Waals surface area contributed by atoms with Crippen molar-refractivity contribution in [3.8, 4) is 0 Å². The molecule has 1 aliphatic rings. The fourth-order valence-electron chi connectivity index (χ4n) is 1.47. The van der Waals surface area contributed by atoms with E-state index in [1.54, 1.807) is 6.92 Å². The number of aryl methyl sites for hydroxylation is 1. The summed E-state index contributed by atoms with van der Waals surface area (Å²) in [4.78, 5) is 17.8. The van der Waals surface area contributed by atoms with Crippen molar-refractivity contribution in [3.63, 3.8) is 0 Å². The van der Waals surface area contributed by atoms with Crippen molar-refractivity contribution in [2.45, 2.75) is 24.8 Å². The number of sulfonamides is 1. The highest BCUT2D eigenvalue weighted by Gasteiger charge is 2.29. The molecule has 1 saturated carbocycles. The van der Waals surface area contributed by atoms with Gasteiger partial charge in [0.05, 0.1) is 6.20 Å². The van der Waals surface area contributed by atoms with E-state index in [0.717, 1.165) is 12.8 Å². The number of rotatable bonds is 6. The van der Waals surface area contributed by atoms with E-state index in [1.807, 2.05) is 0 Å². The largest absolute Gasteiger partial charge is 0.355 e. The molecular formula is C10H16N4O3S. The van der Waals surface area contributed by atoms with Crippen molar-refractivity contribution in [2.24, 2.45) is 5.92 Å². The Morgan fingerprint density at radius 3 is 2.78 bits per heavy atom. The maximum absolute atomic E-state index is 11.7. The second kappa shape index (κ2) is 5.07. The van der Waals surface area contributed by atoms with Gasteiger partial charge in [0.25, 0.3) is 10.0 Å². The Balaban J connectivity index is 1.76. The van der Waals surface area contributed by atoms with Crippen molar-refractivity contribution < 1.29 is 13.2 Å². The van der Waals surface area contributed by atoms with Gasteiger partial charge in [0.1, 0.15) is 5.82 Å². The van der Waals surface area contributed by atoms with Crippen LogP contribution in [0, 0.1) is 12.8 Å². The minimum absolute atomic E-state index is 0.00610. The number of amides is 1. The molecule has 0 aromatic carbocycles. The number of nitrogens with one attached hydrogen (secondary N) is 3. The van der Waals surface area contributed by atoms with Gasteiger partial charge in [-0.25, -0.2) is 18.1 Å². The van der Waals surface area contributed by atoms with Crippen molar-refractivity contribution in [3.05, 3.63) is 12.0 Å². The highest BCUT2D eigenvalue weighted by molar-refractivity contribution is 7.89. The molecule has 2 rings (SSSR count). The summed E-state index contributed by atoms with van der Waals surface area (Å²) in [5.74, 6) is 0.681. The molecular weight excluding hydrogens is 256 g/mol. The number of hydrogen-bond donors (Lipinski definition) is 3. The van der Waals surface area contributed by atoms with E-state index in [1.165, 1.54) is 6.20 Å². The van der Waals surface area contributed by atoms with Crippen LogP contribution in [0.15, 0.2) is 11.2 Å². The molecule has 7 nitrogen and oxygen atoms in total. The number of carbonyl (C=O) groups excluding carboxylic acids is 1. The summed E-state index contributed by atoms with van der Waals surface area (Å²) in [5.41, 5.74) is 0. The predicted molar refractivity (Wildman–Crippen MR) is 64.2 cm³/mol. The molecule has 0 saturated heterocycles. The highest BCUT2D eigenvalue weighted by Crippen LogP contribution is 2.28. The van der Waals surface area contributed by atoms with Crippen molar-refractivity contribution in [1.29, 1.82) is 0 Å². The molecule has 1 aromatic rings. The lowest BCUT2D eigenvalue weighted by Crippen LogP contribution is -2.35. The van der Waals surface area contributed by atoms with Gasteiger partial charge in [-0.2, -0.15) is 0 Å². The van der Waals surface area contributed by atoms with Crippen LogP contribution in [0.4, 0.5) is 0 Å². The van der Waals surface area contributed by atoms with Crippen LogP contribution in [-0.2, 0) is 14.8 Å². The Bertz CT molecular complexity index is 533. The van der Waals surface area contributed by atoms with Crippen molar-refractivity contribution >= 4 is 15.9 Å². The summed E-state index contributed by atoms with van der Waals surface area (Å²) in [5, 5.41) is 2.72. The number of H-pyrrole nitrogens is 1. The van der Waals surface area contributed by atoms with Crippen LogP contribution in [0.5, 0.6) is 0 Å². The average Bonchev–Trinajstić information content (AvgIpc) is 3.07. The SMILES string of the molecule is Cc1ncc(S(=O)(=O)NCCNC(=O)C2CC2)[nH]1. The molecule has 0 radical (unpaired) electrons. The molecule has 100 valence electrons. The van der Waals surface area contributed by atoms with Crippen LogP contribution < -0.4 is 10.0 Å². The van der Waals surface area contributed by atoms with Crippen LogP contribution in [-0.4, -0.2) is 37.4 Å². The lowest BCUT2D eigenvalue weighted by Gasteiger charge is -2.06. The average molecular weight is 272 g/mol. The fraction of sp³-hybridized carbons (Fsp3) is 0.600. The zero-order valence-corrected chi connectivity index (χ0v) is 10.9. The number of aromatic amines is 1. The van der Waals surface area contributed by atoms with Gasteiger partial charge < -0.3 is 10.3 Å². The summed E-state index contributed by atoms with van der Waals surface area (Å²) in [6.07, 6.45) is 3.14. The maximum atomic E-state index is 11.7. The highest BCUT2D eigenvalue weighted by atomic mass is 32.2. The number of imidazole rings is 1. The van der Waals surface area contributed by atoms with Gasteiger partial charge in [-0.15, -0.1) is 0 Å². The van der Waals surface area contributed by atoms with Crippen molar-refractivity contribution in [2.75, 3.05) is 13.1 Å². The van der Waals surface area contributed by atoms with Crippen molar-refractivity contribution in [1.82, 2.24) is 20.0 Å². The molecule has 1 aromatic heterocycles. The summed E-state index contributed by atoms with van der Waals surface area (Å²) in [7, 11) is -3.56. The molecule has 8 heteroatoms. The quantitative estimate of drug-likeness (QED) is 0.608. The van der Waals surface area contributed by atoms with Crippen LogP contribution in [0.25, 0.3) is 0 Å². The van der Waals surface area contributed by atoms with E-state index in [9.17, 15) is 13.2 Å². The lowest BCUT2D eigenvalue weighted by atomic mass is 10.4. The van der Waals surface area contributed by atoms with Gasteiger partial charge in [-0.05, 0) is 19.8 Å². The van der Waals surface area contributed by atoms with E-state index in [4.69, 9.17) is 0 Å². The van der Waals surface area contributed by atoms with E-state index < -0.39 is 10.0 Å². The predicted octanol–water partition coefficient (Wildman–Crippen LogP) is -0.477. The first-order valence-electron chi connectivity index (χ1n) is 5.78. The second-order valence-electron chi connectivity index (χ2n) is 4.30. The third kappa shape index (κ3) is 3.30. The van der Waals surface area contributed by atoms with E-state index in [-0.39, 0.29) is 23.4 Å². The monoisotopic (exact) mass is 272 g/mol. The summed E-state index contributed by atoms with van der Waals surface area (Å²) < 4.78 is 25.9. The third-order valence-electron chi connectivity index (χ3n) is 2.63. The molecule has 0 atom stereocenters. The molecule has 1 heterocycles. The number of hydrogen-bond acceptors (Lipinski definition) is 4. The lowest BCUT2D eigenvalue weighted by molar-refractivity contribution is -0.122. The fourth-order valence-corrected chi connectivity index (χ4v) is 2.47. The number of carbonyl (C=O) groups is 1. The van der Waals surface area contributed by atoms with E-state index >= 15 is 0 Å². The Labute approximate surface area is 105 Å². The Hall–Kier alpha value is -1.41. The van der Waals surface area contributed by atoms with Crippen LogP contribution >= 0.6 is 0 Å². The summed E-state index contributed by atoms with van der Waals surface area (Å²) >= 11 is 0. The molecule has 0 unspecified atom stereocenters. The molecule has 3 N–H and O–H groups in total. The maximum Gasteiger partial charge on any atom is 0.257 e. The Morgan fingerprint density at radius 2 is 2.22 bits per heavy atom. The van der Waals surface area contributed by atoms with Gasteiger partial charge in [0, 0.05) is 19.0 Å². The van der Waals surface area contributed by atoms with Gasteiger partial charge in [0.15, 0.2) is 5.03 Å². The summed E-state index contributed by atoms with van der Waals surface area (Å²) in [6.45, 7) is 2.13. The molecule has 18 heavy (non-hydrogen) atoms. The Kier molecular flexibility index (Phi) is 3.67. The van der Waals surface area contributed by atoms with E-state index in [2.05, 4.69) is 20.0 Å². The molecule has 1 amide bonds. The number of nitrogens with zero attached hydrogens (tertiary/aromatic N) is 1. The standard InChI is InChI=1S/C10H16N4O3S/c1-7-12-6-9(14-7)18(16,17)13-5-4-11-10(15)8-2-3-8/h6,8,13H,2-5H2,1H3,(H,11,15)(H,12,14). The van der Waals surface area contributed by atoms with Crippen LogP contribution in [0.3, 0.4) is 0 Å². The van der Waals surface area contributed by atoms with Gasteiger partial charge in [0.2, 0.25) is 5.91 Å². The molecule has 1 fully saturated rings. The Morgan fingerprint density at radius 1 is 1.50 bits per heavy atom. The van der Waals surface area contributed by atoms with Gasteiger partial charge in [-0.3, -0.25) is 4.79 Å². The minimum atomic E-state index is -3.56. The first kappa shape index (κ1) is 13.0. The summed E-state index contributed by atoms with van der Waals surface area (Å²) in [6, 6.07) is 0. The van der Waals surface area contributed by atoms with Crippen LogP contribution in [0.2, 0.25) is 0 Å². The molecule has 0 bridgehead atoms. The first-order valence-corrected chi connectivity index (χ1v) is 7.26. The normalized spacial score (nSPS) is 15.6. The minimum Gasteiger partial charge on any atom is -0.355 e. The zero-order chi connectivity index (χ0) is 13.2. The third-order valence-corrected chi connectivity index (χ3v) is 4.00. The number of aromatic nitrogens is 2. The smallest absolute Gasteiger partial charge is 0.257 e. The zero-order valence-electron chi connectivity index (χ0n) is 10.1. The molecule has 1 aliphatic carbocycles. The second-order valence-corrected chi connectivity index (χ2v) is 6.03. The van der Waals surface area contributed by atoms with Gasteiger partial charge in [-0.1, -0.05) is 0 Å². The molecule has 0 spiro atoms. The molecule has 0 aliphatic heterocycles.